The third kappa shape index (κ3) is 4.02. The Labute approximate surface area is 182 Å². The van der Waals surface area contributed by atoms with Gasteiger partial charge in [-0.25, -0.2) is 0 Å². The number of thioether (sulfide) groups is 1. The van der Waals surface area contributed by atoms with Crippen LogP contribution >= 0.6 is 23.4 Å². The van der Waals surface area contributed by atoms with Gasteiger partial charge in [0.2, 0.25) is 17.5 Å². The molecule has 5 rings (SSSR count). The molecular weight excluding hydrogens is 422 g/mol. The first-order chi connectivity index (χ1) is 14.8. The third-order valence-corrected chi connectivity index (χ3v) is 6.42. The molecule has 0 spiro atoms. The van der Waals surface area contributed by atoms with Crippen LogP contribution in [-0.4, -0.2) is 24.9 Å². The molecule has 0 unspecified atom stereocenters. The Morgan fingerprint density at radius 2 is 1.90 bits per heavy atom. The van der Waals surface area contributed by atoms with E-state index in [-0.39, 0.29) is 0 Å². The second kappa shape index (κ2) is 8.65. The van der Waals surface area contributed by atoms with Gasteiger partial charge in [-0.3, -0.25) is 4.57 Å². The minimum absolute atomic E-state index is 0.378. The van der Waals surface area contributed by atoms with Gasteiger partial charge in [0.1, 0.15) is 0 Å². The lowest BCUT2D eigenvalue weighted by Gasteiger charge is -2.25. The first-order valence-electron chi connectivity index (χ1n) is 9.98. The molecule has 154 valence electrons. The van der Waals surface area contributed by atoms with Crippen molar-refractivity contribution in [1.29, 1.82) is 0 Å². The summed E-state index contributed by atoms with van der Waals surface area (Å²) in [6, 6.07) is 11.5. The highest BCUT2D eigenvalue weighted by Gasteiger charge is 2.25. The van der Waals surface area contributed by atoms with Gasteiger partial charge in [-0.05, 0) is 49.2 Å². The van der Waals surface area contributed by atoms with E-state index in [1.54, 1.807) is 18.0 Å². The van der Waals surface area contributed by atoms with E-state index in [4.69, 9.17) is 20.5 Å². The normalized spacial score (nSPS) is 15.0. The number of halogens is 1. The summed E-state index contributed by atoms with van der Waals surface area (Å²) in [7, 11) is 0. The Morgan fingerprint density at radius 3 is 2.67 bits per heavy atom. The molecule has 9 heteroatoms. The number of furan rings is 1. The Kier molecular flexibility index (Phi) is 5.59. The molecule has 3 aromatic heterocycles. The quantitative estimate of drug-likeness (QED) is 0.337. The van der Waals surface area contributed by atoms with Crippen LogP contribution in [0.1, 0.15) is 44.0 Å². The maximum atomic E-state index is 5.95. The number of hydrogen-bond donors (Lipinski definition) is 0. The molecular formula is C21H20ClN5O2S. The van der Waals surface area contributed by atoms with E-state index in [0.29, 0.717) is 28.5 Å². The number of hydrogen-bond acceptors (Lipinski definition) is 7. The zero-order chi connectivity index (χ0) is 20.3. The largest absolute Gasteiger partial charge is 0.461 e. The zero-order valence-electron chi connectivity index (χ0n) is 16.2. The van der Waals surface area contributed by atoms with Crippen LogP contribution in [0.2, 0.25) is 5.02 Å². The smallest absolute Gasteiger partial charge is 0.237 e. The topological polar surface area (TPSA) is 82.8 Å². The number of nitrogens with zero attached hydrogens (tertiary/aromatic N) is 5. The Bertz CT molecular complexity index is 1100. The molecule has 0 amide bonds. The van der Waals surface area contributed by atoms with Crippen LogP contribution in [0.5, 0.6) is 0 Å². The minimum Gasteiger partial charge on any atom is -0.461 e. The maximum absolute atomic E-state index is 5.95. The minimum atomic E-state index is 0.378. The average Bonchev–Trinajstić information content (AvgIpc) is 3.53. The van der Waals surface area contributed by atoms with E-state index < -0.39 is 0 Å². The summed E-state index contributed by atoms with van der Waals surface area (Å²) in [5.74, 6) is 3.13. The highest BCUT2D eigenvalue weighted by molar-refractivity contribution is 7.98. The first-order valence-corrected chi connectivity index (χ1v) is 11.3. The molecule has 1 fully saturated rings. The van der Waals surface area contributed by atoms with Gasteiger partial charge in [-0.15, -0.1) is 10.2 Å². The molecule has 0 bridgehead atoms. The third-order valence-electron chi connectivity index (χ3n) is 5.24. The molecule has 7 nitrogen and oxygen atoms in total. The van der Waals surface area contributed by atoms with Gasteiger partial charge in [-0.2, -0.15) is 4.98 Å². The van der Waals surface area contributed by atoms with Crippen LogP contribution in [0.15, 0.2) is 56.8 Å². The number of rotatable bonds is 6. The van der Waals surface area contributed by atoms with Crippen LogP contribution in [0.4, 0.5) is 0 Å². The second-order valence-corrected chi connectivity index (χ2v) is 8.63. The SMILES string of the molecule is Clc1ccc(-c2noc(CSc3nnc(-c4ccco4)n3C3CCCCC3)n2)cc1. The molecule has 1 saturated carbocycles. The predicted octanol–water partition coefficient (Wildman–Crippen LogP) is 6.04. The highest BCUT2D eigenvalue weighted by atomic mass is 35.5. The fraction of sp³-hybridized carbons (Fsp3) is 0.333. The van der Waals surface area contributed by atoms with Gasteiger partial charge in [0.05, 0.1) is 12.0 Å². The number of benzene rings is 1. The van der Waals surface area contributed by atoms with Gasteiger partial charge in [-0.1, -0.05) is 47.8 Å². The van der Waals surface area contributed by atoms with Crippen LogP contribution in [0.3, 0.4) is 0 Å². The van der Waals surface area contributed by atoms with E-state index >= 15 is 0 Å². The molecule has 30 heavy (non-hydrogen) atoms. The summed E-state index contributed by atoms with van der Waals surface area (Å²) in [5.41, 5.74) is 0.866. The molecule has 1 aromatic carbocycles. The zero-order valence-corrected chi connectivity index (χ0v) is 17.8. The molecule has 3 heterocycles. The van der Waals surface area contributed by atoms with Crippen LogP contribution in [0, 0.1) is 0 Å². The fourth-order valence-corrected chi connectivity index (χ4v) is 4.74. The van der Waals surface area contributed by atoms with Gasteiger partial charge < -0.3 is 8.94 Å². The summed E-state index contributed by atoms with van der Waals surface area (Å²) in [6.07, 6.45) is 7.64. The van der Waals surface area contributed by atoms with Crippen LogP contribution in [-0.2, 0) is 5.75 Å². The Balaban J connectivity index is 1.37. The maximum Gasteiger partial charge on any atom is 0.237 e. The van der Waals surface area contributed by atoms with Crippen molar-refractivity contribution in [3.63, 3.8) is 0 Å². The van der Waals surface area contributed by atoms with Crippen molar-refractivity contribution >= 4 is 23.4 Å². The van der Waals surface area contributed by atoms with Crippen LogP contribution < -0.4 is 0 Å². The van der Waals surface area contributed by atoms with E-state index in [9.17, 15) is 0 Å². The summed E-state index contributed by atoms with van der Waals surface area (Å²) >= 11 is 7.50. The van der Waals surface area contributed by atoms with Gasteiger partial charge in [0.25, 0.3) is 0 Å². The standard InChI is InChI=1S/C21H20ClN5O2S/c22-15-10-8-14(9-11-15)19-23-18(29-26-19)13-30-21-25-24-20(17-7-4-12-28-17)27(21)16-5-2-1-3-6-16/h4,7-12,16H,1-3,5-6,13H2. The van der Waals surface area contributed by atoms with Gasteiger partial charge >= 0.3 is 0 Å². The van der Waals surface area contributed by atoms with Crippen molar-refractivity contribution in [1.82, 2.24) is 24.9 Å². The van der Waals surface area contributed by atoms with E-state index in [2.05, 4.69) is 24.9 Å². The van der Waals surface area contributed by atoms with Crippen molar-refractivity contribution in [2.24, 2.45) is 0 Å². The molecule has 0 atom stereocenters. The van der Waals surface area contributed by atoms with Crippen molar-refractivity contribution < 1.29 is 8.94 Å². The van der Waals surface area contributed by atoms with Crippen molar-refractivity contribution in [3.8, 4) is 23.0 Å². The highest BCUT2D eigenvalue weighted by Crippen LogP contribution is 2.36. The Morgan fingerprint density at radius 1 is 1.07 bits per heavy atom. The molecule has 1 aliphatic carbocycles. The lowest BCUT2D eigenvalue weighted by atomic mass is 9.95. The van der Waals surface area contributed by atoms with Crippen molar-refractivity contribution in [3.05, 3.63) is 53.6 Å². The van der Waals surface area contributed by atoms with Crippen molar-refractivity contribution in [2.75, 3.05) is 0 Å². The van der Waals surface area contributed by atoms with Gasteiger partial charge in [0, 0.05) is 16.6 Å². The summed E-state index contributed by atoms with van der Waals surface area (Å²) < 4.78 is 13.3. The lowest BCUT2D eigenvalue weighted by molar-refractivity contribution is 0.337. The van der Waals surface area contributed by atoms with E-state index in [1.165, 1.54) is 19.3 Å². The predicted molar refractivity (Wildman–Crippen MR) is 114 cm³/mol. The number of aromatic nitrogens is 5. The van der Waals surface area contributed by atoms with E-state index in [1.807, 2.05) is 36.4 Å². The van der Waals surface area contributed by atoms with Gasteiger partial charge in [0.15, 0.2) is 10.9 Å². The molecule has 0 aliphatic heterocycles. The lowest BCUT2D eigenvalue weighted by Crippen LogP contribution is -2.15. The molecule has 0 N–H and O–H groups in total. The first kappa shape index (κ1) is 19.4. The monoisotopic (exact) mass is 441 g/mol. The second-order valence-electron chi connectivity index (χ2n) is 7.25. The molecule has 0 saturated heterocycles. The summed E-state index contributed by atoms with van der Waals surface area (Å²) in [4.78, 5) is 4.51. The fourth-order valence-electron chi connectivity index (χ4n) is 3.77. The summed E-state index contributed by atoms with van der Waals surface area (Å²) in [6.45, 7) is 0. The summed E-state index contributed by atoms with van der Waals surface area (Å²) in [5, 5.41) is 14.5. The van der Waals surface area contributed by atoms with Crippen molar-refractivity contribution in [2.45, 2.75) is 49.1 Å². The van der Waals surface area contributed by atoms with E-state index in [0.717, 1.165) is 35.1 Å². The molecule has 0 radical (unpaired) electrons. The molecule has 1 aliphatic rings. The Hall–Kier alpha value is -2.58. The molecule has 4 aromatic rings. The average molecular weight is 442 g/mol. The van der Waals surface area contributed by atoms with Crippen LogP contribution in [0.25, 0.3) is 23.0 Å².